The highest BCUT2D eigenvalue weighted by molar-refractivity contribution is 5.27. The third-order valence-electron chi connectivity index (χ3n) is 3.97. The number of hydrogen-bond acceptors (Lipinski definition) is 3. The van der Waals surface area contributed by atoms with E-state index in [1.54, 1.807) is 0 Å². The van der Waals surface area contributed by atoms with Crippen LogP contribution >= 0.6 is 0 Å². The van der Waals surface area contributed by atoms with Gasteiger partial charge in [-0.2, -0.15) is 0 Å². The van der Waals surface area contributed by atoms with Crippen LogP contribution in [-0.4, -0.2) is 37.2 Å². The number of ether oxygens (including phenoxy) is 1. The van der Waals surface area contributed by atoms with Gasteiger partial charge in [-0.1, -0.05) is 19.1 Å². The minimum atomic E-state index is 0.235. The summed E-state index contributed by atoms with van der Waals surface area (Å²) in [5.41, 5.74) is 1.33. The van der Waals surface area contributed by atoms with Crippen LogP contribution in [0.5, 0.6) is 5.75 Å². The van der Waals surface area contributed by atoms with Crippen LogP contribution in [0.15, 0.2) is 24.3 Å². The SMILES string of the molecule is CC(C)Oc1ccc(CNC2CCN(C)CC2C)cc1. The smallest absolute Gasteiger partial charge is 0.119 e. The molecule has 0 radical (unpaired) electrons. The molecule has 0 bridgehead atoms. The Morgan fingerprint density at radius 1 is 1.30 bits per heavy atom. The van der Waals surface area contributed by atoms with Gasteiger partial charge in [-0.3, -0.25) is 0 Å². The summed E-state index contributed by atoms with van der Waals surface area (Å²) in [5, 5.41) is 3.70. The van der Waals surface area contributed by atoms with Crippen LogP contribution in [0, 0.1) is 5.92 Å². The van der Waals surface area contributed by atoms with E-state index in [2.05, 4.69) is 62.3 Å². The van der Waals surface area contributed by atoms with Crippen molar-refractivity contribution in [1.29, 1.82) is 0 Å². The van der Waals surface area contributed by atoms with Gasteiger partial charge in [-0.05, 0) is 57.5 Å². The van der Waals surface area contributed by atoms with Crippen LogP contribution in [0.25, 0.3) is 0 Å². The summed E-state index contributed by atoms with van der Waals surface area (Å²) in [6.45, 7) is 9.78. The largest absolute Gasteiger partial charge is 0.491 e. The van der Waals surface area contributed by atoms with Gasteiger partial charge in [0, 0.05) is 19.1 Å². The minimum absolute atomic E-state index is 0.235. The second kappa shape index (κ2) is 7.09. The maximum Gasteiger partial charge on any atom is 0.119 e. The first kappa shape index (κ1) is 15.3. The van der Waals surface area contributed by atoms with Gasteiger partial charge in [-0.25, -0.2) is 0 Å². The van der Waals surface area contributed by atoms with Gasteiger partial charge in [0.1, 0.15) is 5.75 Å². The molecular formula is C17H28N2O. The molecule has 1 aliphatic rings. The Hall–Kier alpha value is -1.06. The standard InChI is InChI=1S/C17H28N2O/c1-13(2)20-16-7-5-15(6-8-16)11-18-17-9-10-19(4)12-14(17)3/h5-8,13-14,17-18H,9-12H2,1-4H3. The molecule has 2 atom stereocenters. The fraction of sp³-hybridized carbons (Fsp3) is 0.647. The molecule has 3 nitrogen and oxygen atoms in total. The van der Waals surface area contributed by atoms with E-state index in [0.717, 1.165) is 18.2 Å². The summed E-state index contributed by atoms with van der Waals surface area (Å²) in [5.74, 6) is 1.67. The van der Waals surface area contributed by atoms with Crippen molar-refractivity contribution >= 4 is 0 Å². The van der Waals surface area contributed by atoms with E-state index < -0.39 is 0 Å². The zero-order chi connectivity index (χ0) is 14.5. The lowest BCUT2D eigenvalue weighted by atomic mass is 9.94. The second-order valence-electron chi connectivity index (χ2n) is 6.33. The molecule has 112 valence electrons. The lowest BCUT2D eigenvalue weighted by Gasteiger charge is -2.35. The van der Waals surface area contributed by atoms with Gasteiger partial charge in [0.05, 0.1) is 6.10 Å². The Labute approximate surface area is 123 Å². The molecule has 1 fully saturated rings. The molecule has 0 aliphatic carbocycles. The summed E-state index contributed by atoms with van der Waals surface area (Å²) in [6, 6.07) is 9.08. The van der Waals surface area contributed by atoms with E-state index >= 15 is 0 Å². The summed E-state index contributed by atoms with van der Waals surface area (Å²) in [6.07, 6.45) is 1.48. The lowest BCUT2D eigenvalue weighted by Crippen LogP contribution is -2.46. The Morgan fingerprint density at radius 2 is 2.00 bits per heavy atom. The Kier molecular flexibility index (Phi) is 5.44. The topological polar surface area (TPSA) is 24.5 Å². The molecule has 0 aromatic heterocycles. The van der Waals surface area contributed by atoms with Crippen LogP contribution in [0.4, 0.5) is 0 Å². The fourth-order valence-corrected chi connectivity index (χ4v) is 2.86. The second-order valence-corrected chi connectivity index (χ2v) is 6.33. The van der Waals surface area contributed by atoms with Crippen LogP contribution in [0.3, 0.4) is 0 Å². The molecule has 1 aliphatic heterocycles. The van der Waals surface area contributed by atoms with Crippen molar-refractivity contribution < 1.29 is 4.74 Å². The van der Waals surface area contributed by atoms with Gasteiger partial charge in [0.15, 0.2) is 0 Å². The monoisotopic (exact) mass is 276 g/mol. The van der Waals surface area contributed by atoms with E-state index in [-0.39, 0.29) is 6.10 Å². The van der Waals surface area contributed by atoms with Crippen LogP contribution in [0.1, 0.15) is 32.8 Å². The number of rotatable bonds is 5. The van der Waals surface area contributed by atoms with E-state index in [1.807, 2.05) is 0 Å². The van der Waals surface area contributed by atoms with E-state index in [1.165, 1.54) is 25.1 Å². The lowest BCUT2D eigenvalue weighted by molar-refractivity contribution is 0.174. The molecule has 0 saturated carbocycles. The molecule has 0 spiro atoms. The van der Waals surface area contributed by atoms with Gasteiger partial charge in [0.2, 0.25) is 0 Å². The van der Waals surface area contributed by atoms with Crippen LogP contribution in [0.2, 0.25) is 0 Å². The van der Waals surface area contributed by atoms with Crippen molar-refractivity contribution in [2.24, 2.45) is 5.92 Å². The zero-order valence-corrected chi connectivity index (χ0v) is 13.2. The molecule has 3 heteroatoms. The number of hydrogen-bond donors (Lipinski definition) is 1. The molecule has 2 rings (SSSR count). The minimum Gasteiger partial charge on any atom is -0.491 e. The van der Waals surface area contributed by atoms with Gasteiger partial charge in [-0.15, -0.1) is 0 Å². The fourth-order valence-electron chi connectivity index (χ4n) is 2.86. The van der Waals surface area contributed by atoms with Gasteiger partial charge in [0.25, 0.3) is 0 Å². The molecule has 1 aromatic rings. The molecule has 1 heterocycles. The number of nitrogens with one attached hydrogen (secondary N) is 1. The predicted molar refractivity (Wildman–Crippen MR) is 84.1 cm³/mol. The Balaban J connectivity index is 1.82. The third kappa shape index (κ3) is 4.50. The summed E-state index contributed by atoms with van der Waals surface area (Å²) in [4.78, 5) is 2.42. The molecule has 2 unspecified atom stereocenters. The van der Waals surface area contributed by atoms with Gasteiger partial charge >= 0.3 is 0 Å². The molecular weight excluding hydrogens is 248 g/mol. The summed E-state index contributed by atoms with van der Waals surface area (Å²) >= 11 is 0. The highest BCUT2D eigenvalue weighted by Gasteiger charge is 2.23. The van der Waals surface area contributed by atoms with Crippen molar-refractivity contribution in [3.8, 4) is 5.75 Å². The van der Waals surface area contributed by atoms with E-state index in [4.69, 9.17) is 4.74 Å². The van der Waals surface area contributed by atoms with Crippen LogP contribution in [-0.2, 0) is 6.54 Å². The van der Waals surface area contributed by atoms with Crippen molar-refractivity contribution in [1.82, 2.24) is 10.2 Å². The summed E-state index contributed by atoms with van der Waals surface area (Å²) < 4.78 is 5.67. The highest BCUT2D eigenvalue weighted by Crippen LogP contribution is 2.17. The Bertz CT molecular complexity index is 402. The first-order chi connectivity index (χ1) is 9.54. The zero-order valence-electron chi connectivity index (χ0n) is 13.2. The van der Waals surface area contributed by atoms with Gasteiger partial charge < -0.3 is 15.0 Å². The number of piperidine rings is 1. The first-order valence-electron chi connectivity index (χ1n) is 7.72. The molecule has 1 aromatic carbocycles. The third-order valence-corrected chi connectivity index (χ3v) is 3.97. The molecule has 20 heavy (non-hydrogen) atoms. The first-order valence-corrected chi connectivity index (χ1v) is 7.72. The quantitative estimate of drug-likeness (QED) is 0.895. The van der Waals surface area contributed by atoms with Crippen LogP contribution < -0.4 is 10.1 Å². The maximum atomic E-state index is 5.67. The number of benzene rings is 1. The van der Waals surface area contributed by atoms with Crippen molar-refractivity contribution in [3.05, 3.63) is 29.8 Å². The Morgan fingerprint density at radius 3 is 2.60 bits per heavy atom. The number of likely N-dealkylation sites (tertiary alicyclic amines) is 1. The molecule has 0 amide bonds. The van der Waals surface area contributed by atoms with Crippen molar-refractivity contribution in [3.63, 3.8) is 0 Å². The van der Waals surface area contributed by atoms with E-state index in [0.29, 0.717) is 6.04 Å². The van der Waals surface area contributed by atoms with E-state index in [9.17, 15) is 0 Å². The van der Waals surface area contributed by atoms with Crippen molar-refractivity contribution in [2.45, 2.75) is 45.9 Å². The normalized spacial score (nSPS) is 24.1. The average Bonchev–Trinajstić information content (AvgIpc) is 2.39. The maximum absolute atomic E-state index is 5.67. The number of nitrogens with zero attached hydrogens (tertiary/aromatic N) is 1. The predicted octanol–water partition coefficient (Wildman–Crippen LogP) is 2.90. The summed E-state index contributed by atoms with van der Waals surface area (Å²) in [7, 11) is 2.21. The van der Waals surface area contributed by atoms with Crippen molar-refractivity contribution in [2.75, 3.05) is 20.1 Å². The molecule has 1 saturated heterocycles. The molecule has 1 N–H and O–H groups in total. The highest BCUT2D eigenvalue weighted by atomic mass is 16.5. The average molecular weight is 276 g/mol.